The van der Waals surface area contributed by atoms with Crippen LogP contribution in [0.15, 0.2) is 18.2 Å². The number of allylic oxidation sites excluding steroid dienone is 1. The number of rotatable bonds is 3. The highest BCUT2D eigenvalue weighted by molar-refractivity contribution is 7.20. The lowest BCUT2D eigenvalue weighted by atomic mass is 9.90. The maximum absolute atomic E-state index is 3.20. The van der Waals surface area contributed by atoms with Gasteiger partial charge in [-0.3, -0.25) is 0 Å². The molecule has 1 heteroatoms. The summed E-state index contributed by atoms with van der Waals surface area (Å²) in [4.78, 5) is 1.34. The SMILES string of the molecule is CCC(C)(C)C=Cc1sc2ccc#cc2c1C. The van der Waals surface area contributed by atoms with Crippen molar-refractivity contribution in [2.24, 2.45) is 5.41 Å². The number of hydrogen-bond donors (Lipinski definition) is 0. The predicted molar refractivity (Wildman–Crippen MR) is 77.3 cm³/mol. The fraction of sp³-hybridized carbons (Fsp3) is 0.375. The van der Waals surface area contributed by atoms with Crippen LogP contribution in [0.1, 0.15) is 37.6 Å². The number of aryl methyl sites for hydroxylation is 1. The van der Waals surface area contributed by atoms with Crippen LogP contribution in [0.4, 0.5) is 0 Å². The first kappa shape index (κ1) is 12.2. The highest BCUT2D eigenvalue weighted by Gasteiger charge is 2.11. The Bertz CT molecular complexity index is 544. The molecule has 0 bridgehead atoms. The quantitative estimate of drug-likeness (QED) is 0.688. The van der Waals surface area contributed by atoms with Gasteiger partial charge in [0, 0.05) is 15.0 Å². The first-order valence-corrected chi connectivity index (χ1v) is 6.86. The van der Waals surface area contributed by atoms with E-state index >= 15 is 0 Å². The largest absolute Gasteiger partial charge is 0.135 e. The Morgan fingerprint density at radius 3 is 2.82 bits per heavy atom. The number of fused-ring (bicyclic) bond motifs is 1. The van der Waals surface area contributed by atoms with Crippen molar-refractivity contribution in [2.75, 3.05) is 0 Å². The molecule has 0 unspecified atom stereocenters. The molecule has 0 fully saturated rings. The third-order valence-electron chi connectivity index (χ3n) is 3.32. The highest BCUT2D eigenvalue weighted by Crippen LogP contribution is 2.32. The Hall–Kier alpha value is -1.26. The van der Waals surface area contributed by atoms with Crippen LogP contribution in [0.25, 0.3) is 16.2 Å². The maximum Gasteiger partial charge on any atom is 0.0464 e. The molecule has 17 heavy (non-hydrogen) atoms. The van der Waals surface area contributed by atoms with E-state index in [0.29, 0.717) is 0 Å². The van der Waals surface area contributed by atoms with Gasteiger partial charge in [0.05, 0.1) is 0 Å². The Morgan fingerprint density at radius 1 is 1.41 bits per heavy atom. The van der Waals surface area contributed by atoms with E-state index in [9.17, 15) is 0 Å². The third kappa shape index (κ3) is 2.53. The predicted octanol–water partition coefficient (Wildman–Crippen LogP) is 5.26. The Balaban J connectivity index is 2.40. The summed E-state index contributed by atoms with van der Waals surface area (Å²) >= 11 is 1.84. The molecule has 0 N–H and O–H groups in total. The smallest absolute Gasteiger partial charge is 0.0464 e. The molecule has 0 aliphatic heterocycles. The van der Waals surface area contributed by atoms with Crippen LogP contribution >= 0.6 is 11.3 Å². The Labute approximate surface area is 108 Å². The monoisotopic (exact) mass is 242 g/mol. The van der Waals surface area contributed by atoms with Crippen molar-refractivity contribution < 1.29 is 0 Å². The summed E-state index contributed by atoms with van der Waals surface area (Å²) in [6, 6.07) is 10.3. The number of thiophene rings is 1. The second kappa shape index (κ2) is 4.55. The van der Waals surface area contributed by atoms with Crippen molar-refractivity contribution in [3.63, 3.8) is 0 Å². The summed E-state index contributed by atoms with van der Waals surface area (Å²) in [6.07, 6.45) is 5.74. The molecule has 0 radical (unpaired) electrons. The van der Waals surface area contributed by atoms with Gasteiger partial charge in [-0.25, -0.2) is 0 Å². The molecule has 0 aliphatic carbocycles. The molecular weight excluding hydrogens is 224 g/mol. The van der Waals surface area contributed by atoms with Gasteiger partial charge in [-0.1, -0.05) is 39.0 Å². The van der Waals surface area contributed by atoms with E-state index in [0.717, 1.165) is 6.42 Å². The standard InChI is InChI=1S/C16H18S/c1-5-16(3,4)11-10-14-12(2)13-8-6-7-9-15(13)17-14/h7,9-11H,5H2,1-4H3. The molecule has 1 aromatic carbocycles. The minimum Gasteiger partial charge on any atom is -0.135 e. The average Bonchev–Trinajstić information content (AvgIpc) is 2.65. The maximum atomic E-state index is 3.20. The third-order valence-corrected chi connectivity index (χ3v) is 4.55. The van der Waals surface area contributed by atoms with Crippen molar-refractivity contribution in [1.29, 1.82) is 0 Å². The molecule has 1 aromatic heterocycles. The van der Waals surface area contributed by atoms with Crippen molar-refractivity contribution in [3.05, 3.63) is 40.8 Å². The van der Waals surface area contributed by atoms with Crippen LogP contribution in [0.3, 0.4) is 0 Å². The van der Waals surface area contributed by atoms with Gasteiger partial charge in [0.2, 0.25) is 0 Å². The minimum absolute atomic E-state index is 0.276. The van der Waals surface area contributed by atoms with Gasteiger partial charge in [-0.15, -0.1) is 11.3 Å². The summed E-state index contributed by atoms with van der Waals surface area (Å²) in [7, 11) is 0. The van der Waals surface area contributed by atoms with Crippen LogP contribution in [0.5, 0.6) is 0 Å². The summed E-state index contributed by atoms with van der Waals surface area (Å²) in [5, 5.41) is 1.21. The fourth-order valence-electron chi connectivity index (χ4n) is 1.64. The normalized spacial score (nSPS) is 12.2. The Morgan fingerprint density at radius 2 is 2.18 bits per heavy atom. The molecule has 88 valence electrons. The van der Waals surface area contributed by atoms with Gasteiger partial charge >= 0.3 is 0 Å². The van der Waals surface area contributed by atoms with Gasteiger partial charge < -0.3 is 0 Å². The van der Waals surface area contributed by atoms with Gasteiger partial charge in [0.25, 0.3) is 0 Å². The van der Waals surface area contributed by atoms with Gasteiger partial charge in [-0.2, -0.15) is 0 Å². The Kier molecular flexibility index (Phi) is 3.26. The first-order valence-electron chi connectivity index (χ1n) is 6.04. The summed E-state index contributed by atoms with van der Waals surface area (Å²) in [5.74, 6) is 0. The van der Waals surface area contributed by atoms with Crippen LogP contribution in [-0.2, 0) is 0 Å². The first-order chi connectivity index (χ1) is 8.03. The van der Waals surface area contributed by atoms with Crippen LogP contribution in [0, 0.1) is 24.5 Å². The zero-order chi connectivity index (χ0) is 12.5. The van der Waals surface area contributed by atoms with E-state index in [-0.39, 0.29) is 5.41 Å². The summed E-state index contributed by atoms with van der Waals surface area (Å²) in [6.45, 7) is 8.94. The topological polar surface area (TPSA) is 0 Å². The summed E-state index contributed by atoms with van der Waals surface area (Å²) < 4.78 is 1.30. The molecule has 0 saturated carbocycles. The van der Waals surface area contributed by atoms with Crippen LogP contribution < -0.4 is 0 Å². The molecule has 0 aliphatic rings. The van der Waals surface area contributed by atoms with E-state index in [1.807, 2.05) is 17.4 Å². The molecule has 0 spiro atoms. The molecule has 1 heterocycles. The second-order valence-electron chi connectivity index (χ2n) is 5.11. The average molecular weight is 242 g/mol. The molecule has 0 saturated heterocycles. The van der Waals surface area contributed by atoms with E-state index in [1.54, 1.807) is 0 Å². The minimum atomic E-state index is 0.276. The lowest BCUT2D eigenvalue weighted by Crippen LogP contribution is -2.03. The molecule has 2 rings (SSSR count). The summed E-state index contributed by atoms with van der Waals surface area (Å²) in [5.41, 5.74) is 1.60. The molecule has 2 aromatic rings. The van der Waals surface area contributed by atoms with Crippen molar-refractivity contribution in [1.82, 2.24) is 0 Å². The van der Waals surface area contributed by atoms with Crippen LogP contribution in [-0.4, -0.2) is 0 Å². The van der Waals surface area contributed by atoms with Gasteiger partial charge in [-0.05, 0) is 42.5 Å². The molecule has 0 atom stereocenters. The lowest BCUT2D eigenvalue weighted by molar-refractivity contribution is 0.464. The van der Waals surface area contributed by atoms with Crippen molar-refractivity contribution in [2.45, 2.75) is 34.1 Å². The van der Waals surface area contributed by atoms with E-state index in [4.69, 9.17) is 0 Å². The second-order valence-corrected chi connectivity index (χ2v) is 6.19. The van der Waals surface area contributed by atoms with Gasteiger partial charge in [0.15, 0.2) is 0 Å². The molecule has 0 amide bonds. The zero-order valence-corrected chi connectivity index (χ0v) is 11.7. The molecule has 0 nitrogen and oxygen atoms in total. The zero-order valence-electron chi connectivity index (χ0n) is 10.9. The van der Waals surface area contributed by atoms with E-state index < -0.39 is 0 Å². The van der Waals surface area contributed by atoms with Gasteiger partial charge in [0.1, 0.15) is 0 Å². The van der Waals surface area contributed by atoms with Crippen LogP contribution in [0.2, 0.25) is 0 Å². The fourth-order valence-corrected chi connectivity index (χ4v) is 2.71. The van der Waals surface area contributed by atoms with E-state index in [2.05, 4.69) is 58.0 Å². The van der Waals surface area contributed by atoms with Crippen molar-refractivity contribution in [3.8, 4) is 0 Å². The number of hydrogen-bond acceptors (Lipinski definition) is 1. The highest BCUT2D eigenvalue weighted by atomic mass is 32.1. The van der Waals surface area contributed by atoms with Crippen molar-refractivity contribution >= 4 is 27.5 Å². The lowest BCUT2D eigenvalue weighted by Gasteiger charge is -2.16. The van der Waals surface area contributed by atoms with E-state index in [1.165, 1.54) is 20.5 Å². The molecular formula is C16H18S.